The van der Waals surface area contributed by atoms with E-state index in [1.807, 2.05) is 0 Å². The predicted octanol–water partition coefficient (Wildman–Crippen LogP) is -1.44. The fraction of sp³-hybridized carbons (Fsp3) is 0. The Labute approximate surface area is 49.5 Å². The molecule has 0 saturated heterocycles. The minimum Gasteiger partial charge on any atom is -0.186 e. The van der Waals surface area contributed by atoms with Crippen LogP contribution in [0.2, 0.25) is 0 Å². The Morgan fingerprint density at radius 2 is 1.20 bits per heavy atom. The van der Waals surface area contributed by atoms with Gasteiger partial charge in [0.15, 0.2) is 0 Å². The van der Waals surface area contributed by atoms with Crippen LogP contribution >= 0.6 is 0 Å². The zero-order valence-corrected chi connectivity index (χ0v) is 6.15. The van der Waals surface area contributed by atoms with Crippen molar-refractivity contribution in [3.63, 3.8) is 0 Å². The fourth-order valence-electron chi connectivity index (χ4n) is 0. The van der Waals surface area contributed by atoms with Gasteiger partial charge in [-0.15, -0.1) is 0 Å². The Morgan fingerprint density at radius 1 is 1.20 bits per heavy atom. The summed E-state index contributed by atoms with van der Waals surface area (Å²) < 4.78 is 0. The van der Waals surface area contributed by atoms with Gasteiger partial charge in [0.25, 0.3) is 0 Å². The Balaban J connectivity index is -0.0000000200. The number of carbonyl (C=O) groups excluding carboxylic acids is 2. The van der Waals surface area contributed by atoms with Crippen LogP contribution in [0.3, 0.4) is 0 Å². The molecule has 0 bridgehead atoms. The summed E-state index contributed by atoms with van der Waals surface area (Å²) in [6.07, 6.45) is 0.250. The molecule has 0 fully saturated rings. The van der Waals surface area contributed by atoms with Crippen molar-refractivity contribution in [2.45, 2.75) is 0 Å². The third-order valence-electron chi connectivity index (χ3n) is 0. The summed E-state index contributed by atoms with van der Waals surface area (Å²) in [5.41, 5.74) is 0. The monoisotopic (exact) mass is 266 g/mol. The van der Waals surface area contributed by atoms with Crippen molar-refractivity contribution in [1.29, 1.82) is 0 Å². The van der Waals surface area contributed by atoms with Crippen LogP contribution in [0.25, 0.3) is 0 Å². The van der Waals surface area contributed by atoms with Crippen molar-refractivity contribution in [2.75, 3.05) is 0 Å². The largest absolute Gasteiger partial charge is 0.373 e. The summed E-state index contributed by atoms with van der Waals surface area (Å²) in [4.78, 5) is 16.2. The standard InChI is InChI=1S/CO2.N.Pb/c2-1-3;;. The van der Waals surface area contributed by atoms with Crippen molar-refractivity contribution >= 4 is 33.5 Å². The molecular formula is CNO2Pb. The van der Waals surface area contributed by atoms with Gasteiger partial charge < -0.3 is 0 Å². The molecule has 0 amide bonds. The van der Waals surface area contributed by atoms with E-state index in [0.717, 1.165) is 0 Å². The van der Waals surface area contributed by atoms with Crippen LogP contribution in [0.5, 0.6) is 0 Å². The number of rotatable bonds is 0. The quantitative estimate of drug-likeness (QED) is 0.503. The SMILES string of the molecule is O=C=O.[N].[Pb]. The third kappa shape index (κ3) is 318. The van der Waals surface area contributed by atoms with E-state index >= 15 is 0 Å². The second-order valence-electron chi connectivity index (χ2n) is 0.0833. The first-order valence-corrected chi connectivity index (χ1v) is 0.408. The van der Waals surface area contributed by atoms with Crippen LogP contribution in [-0.2, 0) is 9.59 Å². The van der Waals surface area contributed by atoms with Crippen molar-refractivity contribution < 1.29 is 9.59 Å². The van der Waals surface area contributed by atoms with Crippen molar-refractivity contribution in [3.8, 4) is 0 Å². The normalized spacial score (nSPS) is 1.60. The van der Waals surface area contributed by atoms with Crippen LogP contribution in [0.1, 0.15) is 0 Å². The van der Waals surface area contributed by atoms with E-state index in [2.05, 4.69) is 0 Å². The van der Waals surface area contributed by atoms with Crippen LogP contribution in [0.4, 0.5) is 0 Å². The summed E-state index contributed by atoms with van der Waals surface area (Å²) in [5.74, 6) is 0. The number of nitrogens with zero attached hydrogens (tertiary/aromatic N) is 1. The summed E-state index contributed by atoms with van der Waals surface area (Å²) in [5, 5.41) is 0. The Morgan fingerprint density at radius 3 is 1.20 bits per heavy atom. The van der Waals surface area contributed by atoms with Crippen molar-refractivity contribution in [1.82, 2.24) is 6.15 Å². The maximum atomic E-state index is 8.12. The first-order valence-electron chi connectivity index (χ1n) is 0.408. The Hall–Kier alpha value is 0.262. The Kier molecular flexibility index (Phi) is 106. The molecule has 0 aromatic carbocycles. The van der Waals surface area contributed by atoms with Gasteiger partial charge in [-0.05, 0) is 0 Å². The number of hydrogen-bond acceptors (Lipinski definition) is 2. The molecule has 0 rings (SSSR count). The summed E-state index contributed by atoms with van der Waals surface area (Å²) in [6, 6.07) is 0. The molecule has 3 nitrogen and oxygen atoms in total. The molecule has 0 saturated carbocycles. The van der Waals surface area contributed by atoms with Gasteiger partial charge in [-0.3, -0.25) is 0 Å². The van der Waals surface area contributed by atoms with Gasteiger partial charge in [-0.25, -0.2) is 0 Å². The molecule has 0 heterocycles. The first-order chi connectivity index (χ1) is 1.41. The zero-order chi connectivity index (χ0) is 2.71. The van der Waals surface area contributed by atoms with Gasteiger partial charge in [-0.2, -0.15) is 9.59 Å². The molecule has 4 heteroatoms. The summed E-state index contributed by atoms with van der Waals surface area (Å²) in [6.45, 7) is 0. The van der Waals surface area contributed by atoms with Crippen LogP contribution in [-0.4, -0.2) is 33.5 Å². The van der Waals surface area contributed by atoms with E-state index in [9.17, 15) is 0 Å². The molecule has 5 heavy (non-hydrogen) atoms. The van der Waals surface area contributed by atoms with Gasteiger partial charge in [-0.1, -0.05) is 0 Å². The first kappa shape index (κ1) is 18.7. The van der Waals surface area contributed by atoms with Gasteiger partial charge in [0.05, 0.1) is 0 Å². The molecule has 0 aliphatic carbocycles. The second kappa shape index (κ2) is 28.5. The molecule has 0 aromatic rings. The van der Waals surface area contributed by atoms with Crippen LogP contribution < -0.4 is 6.15 Å². The molecule has 0 N–H and O–H groups in total. The van der Waals surface area contributed by atoms with Crippen molar-refractivity contribution in [3.05, 3.63) is 0 Å². The average molecular weight is 265 g/mol. The summed E-state index contributed by atoms with van der Waals surface area (Å²) >= 11 is 0. The van der Waals surface area contributed by atoms with E-state index in [0.29, 0.717) is 0 Å². The maximum absolute atomic E-state index is 8.12. The topological polar surface area (TPSA) is 64.6 Å². The number of hydrogen-bond donors (Lipinski definition) is 0. The molecule has 0 unspecified atom stereocenters. The Bertz CT molecular complexity index is 30.6. The smallest absolute Gasteiger partial charge is 0.186 e. The van der Waals surface area contributed by atoms with Gasteiger partial charge >= 0.3 is 6.15 Å². The molecule has 0 aliphatic heterocycles. The van der Waals surface area contributed by atoms with Crippen molar-refractivity contribution in [2.24, 2.45) is 0 Å². The van der Waals surface area contributed by atoms with E-state index in [1.165, 1.54) is 0 Å². The van der Waals surface area contributed by atoms with E-state index in [-0.39, 0.29) is 39.6 Å². The molecule has 25 valence electrons. The van der Waals surface area contributed by atoms with E-state index < -0.39 is 0 Å². The molecular weight excluding hydrogens is 265 g/mol. The van der Waals surface area contributed by atoms with E-state index in [4.69, 9.17) is 9.59 Å². The van der Waals surface area contributed by atoms with Crippen LogP contribution in [0.15, 0.2) is 0 Å². The molecule has 0 atom stereocenters. The summed E-state index contributed by atoms with van der Waals surface area (Å²) in [7, 11) is 0. The molecule has 0 spiro atoms. The third-order valence-corrected chi connectivity index (χ3v) is 0. The second-order valence-corrected chi connectivity index (χ2v) is 0.0833. The van der Waals surface area contributed by atoms with Gasteiger partial charge in [0.2, 0.25) is 0 Å². The molecule has 0 aliphatic rings. The maximum Gasteiger partial charge on any atom is 0.373 e. The predicted molar refractivity (Wildman–Crippen MR) is 12.9 cm³/mol. The molecule has 7 radical (unpaired) electrons. The van der Waals surface area contributed by atoms with Gasteiger partial charge in [0, 0.05) is 33.4 Å². The zero-order valence-electron chi connectivity index (χ0n) is 2.26. The minimum atomic E-state index is 0. The average Bonchev–Trinajstić information content (AvgIpc) is 0.918. The van der Waals surface area contributed by atoms with Crippen LogP contribution in [0, 0.1) is 0 Å². The minimum absolute atomic E-state index is 0. The van der Waals surface area contributed by atoms with Gasteiger partial charge in [0.1, 0.15) is 0 Å². The molecule has 0 aromatic heterocycles. The fourth-order valence-corrected chi connectivity index (χ4v) is 0. The van der Waals surface area contributed by atoms with E-state index in [1.54, 1.807) is 0 Å².